The van der Waals surface area contributed by atoms with E-state index in [0.717, 1.165) is 12.8 Å². The van der Waals surface area contributed by atoms with Gasteiger partial charge in [0.05, 0.1) is 5.56 Å². The van der Waals surface area contributed by atoms with E-state index in [4.69, 9.17) is 4.42 Å². The van der Waals surface area contributed by atoms with Gasteiger partial charge in [0.1, 0.15) is 5.75 Å². The van der Waals surface area contributed by atoms with Gasteiger partial charge in [0, 0.05) is 11.6 Å². The van der Waals surface area contributed by atoms with Gasteiger partial charge in [0.2, 0.25) is 12.3 Å². The van der Waals surface area contributed by atoms with E-state index in [1.54, 1.807) is 12.1 Å². The second-order valence-corrected chi connectivity index (χ2v) is 4.24. The first-order valence-electron chi connectivity index (χ1n) is 5.64. The monoisotopic (exact) mass is 245 g/mol. The smallest absolute Gasteiger partial charge is 0.251 e. The van der Waals surface area contributed by atoms with Crippen LogP contribution in [0.4, 0.5) is 5.69 Å². The number of aromatic nitrogens is 2. The van der Waals surface area contributed by atoms with E-state index in [1.165, 1.54) is 12.5 Å². The van der Waals surface area contributed by atoms with E-state index in [-0.39, 0.29) is 23.5 Å². The van der Waals surface area contributed by atoms with Crippen LogP contribution in [0.1, 0.15) is 12.8 Å². The molecule has 6 heteroatoms. The average molecular weight is 245 g/mol. The number of benzene rings is 1. The number of nitrogens with zero attached hydrogens (tertiary/aromatic N) is 2. The number of hydrogen-bond acceptors (Lipinski definition) is 5. The van der Waals surface area contributed by atoms with Gasteiger partial charge in [-0.15, -0.1) is 10.2 Å². The van der Waals surface area contributed by atoms with Crippen molar-refractivity contribution in [2.24, 2.45) is 5.92 Å². The summed E-state index contributed by atoms with van der Waals surface area (Å²) in [5.41, 5.74) is 1.01. The molecule has 1 saturated carbocycles. The maximum Gasteiger partial charge on any atom is 0.251 e. The lowest BCUT2D eigenvalue weighted by molar-refractivity contribution is -0.117. The second kappa shape index (κ2) is 4.14. The Bertz CT molecular complexity index is 576. The van der Waals surface area contributed by atoms with E-state index < -0.39 is 0 Å². The number of aromatic hydroxyl groups is 1. The van der Waals surface area contributed by atoms with E-state index in [0.29, 0.717) is 11.3 Å². The lowest BCUT2D eigenvalue weighted by Crippen LogP contribution is -2.13. The zero-order valence-electron chi connectivity index (χ0n) is 9.46. The number of rotatable bonds is 3. The first-order valence-corrected chi connectivity index (χ1v) is 5.64. The molecule has 1 aromatic carbocycles. The van der Waals surface area contributed by atoms with Gasteiger partial charge in [-0.2, -0.15) is 0 Å². The highest BCUT2D eigenvalue weighted by molar-refractivity contribution is 5.94. The van der Waals surface area contributed by atoms with Crippen molar-refractivity contribution in [1.29, 1.82) is 0 Å². The molecule has 0 atom stereocenters. The zero-order chi connectivity index (χ0) is 12.5. The summed E-state index contributed by atoms with van der Waals surface area (Å²) in [6.45, 7) is 0. The minimum atomic E-state index is 0.0113. The highest BCUT2D eigenvalue weighted by Gasteiger charge is 2.29. The van der Waals surface area contributed by atoms with E-state index >= 15 is 0 Å². The molecule has 1 aliphatic carbocycles. The summed E-state index contributed by atoms with van der Waals surface area (Å²) in [7, 11) is 0. The number of nitrogens with one attached hydrogen (secondary N) is 1. The van der Waals surface area contributed by atoms with E-state index in [1.807, 2.05) is 0 Å². The van der Waals surface area contributed by atoms with Crippen molar-refractivity contribution < 1.29 is 14.3 Å². The minimum Gasteiger partial charge on any atom is -0.507 e. The van der Waals surface area contributed by atoms with Crippen LogP contribution in [0.3, 0.4) is 0 Å². The van der Waals surface area contributed by atoms with Crippen LogP contribution in [-0.4, -0.2) is 21.2 Å². The van der Waals surface area contributed by atoms with Crippen molar-refractivity contribution in [3.63, 3.8) is 0 Å². The number of amides is 1. The summed E-state index contributed by atoms with van der Waals surface area (Å²) >= 11 is 0. The third-order valence-corrected chi connectivity index (χ3v) is 2.80. The molecule has 0 aliphatic heterocycles. The molecule has 1 heterocycles. The van der Waals surface area contributed by atoms with Crippen molar-refractivity contribution in [3.8, 4) is 17.2 Å². The highest BCUT2D eigenvalue weighted by Crippen LogP contribution is 2.33. The van der Waals surface area contributed by atoms with Gasteiger partial charge in [0.25, 0.3) is 5.89 Å². The molecule has 0 radical (unpaired) electrons. The summed E-state index contributed by atoms with van der Waals surface area (Å²) in [6, 6.07) is 4.74. The van der Waals surface area contributed by atoms with Crippen LogP contribution in [0, 0.1) is 5.92 Å². The van der Waals surface area contributed by atoms with Crippen LogP contribution >= 0.6 is 0 Å². The van der Waals surface area contributed by atoms with Gasteiger partial charge in [-0.3, -0.25) is 4.79 Å². The van der Waals surface area contributed by atoms with Gasteiger partial charge in [-0.1, -0.05) is 0 Å². The largest absolute Gasteiger partial charge is 0.507 e. The standard InChI is InChI=1S/C12H11N3O3/c16-10-4-3-8(14-11(17)7-1-2-7)5-9(10)12-15-13-6-18-12/h3-7,16H,1-2H2,(H,14,17). The number of hydrogen-bond donors (Lipinski definition) is 2. The Morgan fingerprint density at radius 3 is 2.94 bits per heavy atom. The van der Waals surface area contributed by atoms with E-state index in [9.17, 15) is 9.90 Å². The Morgan fingerprint density at radius 2 is 2.28 bits per heavy atom. The van der Waals surface area contributed by atoms with Crippen molar-refractivity contribution in [1.82, 2.24) is 10.2 Å². The molecule has 0 unspecified atom stereocenters. The summed E-state index contributed by atoms with van der Waals surface area (Å²) < 4.78 is 5.03. The lowest BCUT2D eigenvalue weighted by Gasteiger charge is -2.06. The zero-order valence-corrected chi connectivity index (χ0v) is 9.46. The fourth-order valence-electron chi connectivity index (χ4n) is 1.67. The SMILES string of the molecule is O=C(Nc1ccc(O)c(-c2nnco2)c1)C1CC1. The molecular weight excluding hydrogens is 234 g/mol. The third kappa shape index (κ3) is 2.04. The number of phenols is 1. The fraction of sp³-hybridized carbons (Fsp3) is 0.250. The molecule has 1 amide bonds. The van der Waals surface area contributed by atoms with E-state index in [2.05, 4.69) is 15.5 Å². The number of phenolic OH excluding ortho intramolecular Hbond substituents is 1. The van der Waals surface area contributed by atoms with Gasteiger partial charge < -0.3 is 14.8 Å². The molecular formula is C12H11N3O3. The lowest BCUT2D eigenvalue weighted by atomic mass is 10.1. The normalized spacial score (nSPS) is 14.4. The van der Waals surface area contributed by atoms with Crippen LogP contribution < -0.4 is 5.32 Å². The van der Waals surface area contributed by atoms with Crippen LogP contribution in [0.25, 0.3) is 11.5 Å². The molecule has 1 aliphatic rings. The Kier molecular flexibility index (Phi) is 2.47. The summed E-state index contributed by atoms with van der Waals surface area (Å²) in [5.74, 6) is 0.390. The maximum absolute atomic E-state index is 11.6. The molecule has 2 aromatic rings. The minimum absolute atomic E-state index is 0.0113. The summed E-state index contributed by atoms with van der Waals surface area (Å²) in [5, 5.41) is 19.8. The third-order valence-electron chi connectivity index (χ3n) is 2.80. The molecule has 0 spiro atoms. The Labute approximate surface area is 103 Å². The maximum atomic E-state index is 11.6. The van der Waals surface area contributed by atoms with Gasteiger partial charge in [0.15, 0.2) is 0 Å². The quantitative estimate of drug-likeness (QED) is 0.805. The molecule has 1 fully saturated rings. The van der Waals surface area contributed by atoms with Crippen molar-refractivity contribution in [3.05, 3.63) is 24.6 Å². The second-order valence-electron chi connectivity index (χ2n) is 4.24. The van der Waals surface area contributed by atoms with Crippen molar-refractivity contribution >= 4 is 11.6 Å². The first kappa shape index (κ1) is 10.8. The summed E-state index contributed by atoms with van der Waals surface area (Å²) in [6.07, 6.45) is 3.07. The number of anilines is 1. The van der Waals surface area contributed by atoms with Crippen LogP contribution in [0.5, 0.6) is 5.75 Å². The Morgan fingerprint density at radius 1 is 1.44 bits per heavy atom. The topological polar surface area (TPSA) is 88.2 Å². The molecule has 0 saturated heterocycles. The van der Waals surface area contributed by atoms with Crippen LogP contribution in [0.15, 0.2) is 29.0 Å². The average Bonchev–Trinajstić information content (AvgIpc) is 3.08. The Hall–Kier alpha value is -2.37. The van der Waals surface area contributed by atoms with Gasteiger partial charge in [-0.25, -0.2) is 0 Å². The molecule has 6 nitrogen and oxygen atoms in total. The number of carbonyl (C=O) groups excluding carboxylic acids is 1. The number of carbonyl (C=O) groups is 1. The molecule has 92 valence electrons. The molecule has 1 aromatic heterocycles. The van der Waals surface area contributed by atoms with Gasteiger partial charge >= 0.3 is 0 Å². The molecule has 18 heavy (non-hydrogen) atoms. The molecule has 0 bridgehead atoms. The van der Waals surface area contributed by atoms with Crippen LogP contribution in [0.2, 0.25) is 0 Å². The van der Waals surface area contributed by atoms with Crippen molar-refractivity contribution in [2.45, 2.75) is 12.8 Å². The molecule has 3 rings (SSSR count). The van der Waals surface area contributed by atoms with Gasteiger partial charge in [-0.05, 0) is 31.0 Å². The predicted molar refractivity (Wildman–Crippen MR) is 62.8 cm³/mol. The summed E-state index contributed by atoms with van der Waals surface area (Å²) in [4.78, 5) is 11.6. The highest BCUT2D eigenvalue weighted by atomic mass is 16.4. The Balaban J connectivity index is 1.88. The molecule has 2 N–H and O–H groups in total. The van der Waals surface area contributed by atoms with Crippen molar-refractivity contribution in [2.75, 3.05) is 5.32 Å². The fourth-order valence-corrected chi connectivity index (χ4v) is 1.67. The van der Waals surface area contributed by atoms with Crippen LogP contribution in [-0.2, 0) is 4.79 Å². The predicted octanol–water partition coefficient (Wildman–Crippen LogP) is 1.79. The first-order chi connectivity index (χ1) is 8.74.